The molecule has 1 fully saturated rings. The number of nitrogens with zero attached hydrogens (tertiary/aromatic N) is 2. The molecule has 2 atom stereocenters. The van der Waals surface area contributed by atoms with Gasteiger partial charge in [-0.3, -0.25) is 9.69 Å². The minimum absolute atomic E-state index is 0.312. The Morgan fingerprint density at radius 1 is 1.59 bits per heavy atom. The molecule has 0 aromatic carbocycles. The minimum atomic E-state index is -0.906. The van der Waals surface area contributed by atoms with E-state index in [0.717, 1.165) is 19.5 Å². The Morgan fingerprint density at radius 3 is 2.71 bits per heavy atom. The van der Waals surface area contributed by atoms with Gasteiger partial charge >= 0.3 is 5.97 Å². The van der Waals surface area contributed by atoms with Gasteiger partial charge in [0.2, 0.25) is 0 Å². The second kappa shape index (κ2) is 5.80. The van der Waals surface area contributed by atoms with Gasteiger partial charge in [0.1, 0.15) is 5.54 Å². The molecule has 0 saturated carbocycles. The van der Waals surface area contributed by atoms with Crippen molar-refractivity contribution >= 4 is 5.97 Å². The highest BCUT2D eigenvalue weighted by atomic mass is 16.5. The van der Waals surface area contributed by atoms with Crippen molar-refractivity contribution in [2.45, 2.75) is 31.8 Å². The Bertz CT molecular complexity index is 266. The van der Waals surface area contributed by atoms with Gasteiger partial charge in [-0.05, 0) is 40.9 Å². The van der Waals surface area contributed by atoms with Crippen molar-refractivity contribution in [3.8, 4) is 0 Å². The Kier molecular flexibility index (Phi) is 4.91. The SMILES string of the molecule is CCOC(=O)C(C)(N)CN1CCC(N(C)C)C1. The van der Waals surface area contributed by atoms with Crippen LogP contribution in [0.15, 0.2) is 0 Å². The molecule has 5 heteroatoms. The molecular formula is C12H25N3O2. The van der Waals surface area contributed by atoms with Gasteiger partial charge in [0.15, 0.2) is 0 Å². The molecule has 1 heterocycles. The first kappa shape index (κ1) is 14.4. The topological polar surface area (TPSA) is 58.8 Å². The predicted octanol–water partition coefficient (Wildman–Crippen LogP) is -0.0972. The summed E-state index contributed by atoms with van der Waals surface area (Å²) in [6.45, 7) is 6.45. The van der Waals surface area contributed by atoms with Gasteiger partial charge in [-0.1, -0.05) is 0 Å². The van der Waals surface area contributed by atoms with Crippen LogP contribution in [0.25, 0.3) is 0 Å². The highest BCUT2D eigenvalue weighted by Crippen LogP contribution is 2.16. The van der Waals surface area contributed by atoms with Crippen LogP contribution < -0.4 is 5.73 Å². The van der Waals surface area contributed by atoms with Gasteiger partial charge in [0.05, 0.1) is 6.61 Å². The van der Waals surface area contributed by atoms with E-state index in [1.807, 2.05) is 0 Å². The zero-order valence-electron chi connectivity index (χ0n) is 11.4. The summed E-state index contributed by atoms with van der Waals surface area (Å²) in [5.41, 5.74) is 5.11. The molecule has 1 saturated heterocycles. The third-order valence-corrected chi connectivity index (χ3v) is 3.27. The Labute approximate surface area is 104 Å². The first-order valence-electron chi connectivity index (χ1n) is 6.21. The maximum atomic E-state index is 11.7. The molecule has 5 nitrogen and oxygen atoms in total. The molecular weight excluding hydrogens is 218 g/mol. The zero-order chi connectivity index (χ0) is 13.1. The number of carbonyl (C=O) groups is 1. The molecule has 0 spiro atoms. The molecule has 17 heavy (non-hydrogen) atoms. The largest absolute Gasteiger partial charge is 0.465 e. The van der Waals surface area contributed by atoms with Crippen LogP contribution in [0, 0.1) is 0 Å². The summed E-state index contributed by atoms with van der Waals surface area (Å²) < 4.78 is 4.99. The van der Waals surface area contributed by atoms with Gasteiger partial charge in [-0.25, -0.2) is 0 Å². The average Bonchev–Trinajstić information content (AvgIpc) is 2.66. The number of hydrogen-bond acceptors (Lipinski definition) is 5. The Balaban J connectivity index is 2.46. The van der Waals surface area contributed by atoms with Gasteiger partial charge in [-0.15, -0.1) is 0 Å². The summed E-state index contributed by atoms with van der Waals surface area (Å²) in [4.78, 5) is 16.1. The predicted molar refractivity (Wildman–Crippen MR) is 67.8 cm³/mol. The molecule has 0 bridgehead atoms. The molecule has 1 rings (SSSR count). The van der Waals surface area contributed by atoms with E-state index in [-0.39, 0.29) is 5.97 Å². The van der Waals surface area contributed by atoms with E-state index in [1.165, 1.54) is 0 Å². The average molecular weight is 243 g/mol. The number of esters is 1. The highest BCUT2D eigenvalue weighted by molar-refractivity contribution is 5.80. The number of likely N-dealkylation sites (tertiary alicyclic amines) is 1. The van der Waals surface area contributed by atoms with Crippen molar-refractivity contribution in [3.63, 3.8) is 0 Å². The third-order valence-electron chi connectivity index (χ3n) is 3.27. The summed E-state index contributed by atoms with van der Waals surface area (Å²) in [6, 6.07) is 0.563. The van der Waals surface area contributed by atoms with Crippen molar-refractivity contribution in [2.75, 3.05) is 40.3 Å². The van der Waals surface area contributed by atoms with Crippen molar-refractivity contribution in [3.05, 3.63) is 0 Å². The molecule has 0 aliphatic carbocycles. The summed E-state index contributed by atoms with van der Waals surface area (Å²) in [7, 11) is 4.17. The Hall–Kier alpha value is -0.650. The monoisotopic (exact) mass is 243 g/mol. The summed E-state index contributed by atoms with van der Waals surface area (Å²) in [5.74, 6) is -0.312. The van der Waals surface area contributed by atoms with E-state index in [9.17, 15) is 4.79 Å². The van der Waals surface area contributed by atoms with Crippen LogP contribution in [0.3, 0.4) is 0 Å². The first-order valence-corrected chi connectivity index (χ1v) is 6.21. The quantitative estimate of drug-likeness (QED) is 0.684. The standard InChI is InChI=1S/C12H25N3O2/c1-5-17-11(16)12(2,13)9-15-7-6-10(8-15)14(3)4/h10H,5-9,13H2,1-4H3. The smallest absolute Gasteiger partial charge is 0.327 e. The van der Waals surface area contributed by atoms with E-state index in [0.29, 0.717) is 19.2 Å². The summed E-state index contributed by atoms with van der Waals surface area (Å²) in [6.07, 6.45) is 1.13. The molecule has 1 aliphatic rings. The summed E-state index contributed by atoms with van der Waals surface area (Å²) >= 11 is 0. The second-order valence-electron chi connectivity index (χ2n) is 5.28. The molecule has 0 aromatic heterocycles. The summed E-state index contributed by atoms with van der Waals surface area (Å²) in [5, 5.41) is 0. The van der Waals surface area contributed by atoms with Crippen molar-refractivity contribution in [1.29, 1.82) is 0 Å². The van der Waals surface area contributed by atoms with Gasteiger partial charge < -0.3 is 15.4 Å². The molecule has 100 valence electrons. The fourth-order valence-corrected chi connectivity index (χ4v) is 2.20. The lowest BCUT2D eigenvalue weighted by atomic mass is 10.0. The van der Waals surface area contributed by atoms with Gasteiger partial charge in [-0.2, -0.15) is 0 Å². The van der Waals surface area contributed by atoms with Gasteiger partial charge in [0.25, 0.3) is 0 Å². The highest BCUT2D eigenvalue weighted by Gasteiger charge is 2.35. The van der Waals surface area contributed by atoms with Crippen LogP contribution in [0.2, 0.25) is 0 Å². The fraction of sp³-hybridized carbons (Fsp3) is 0.917. The van der Waals surface area contributed by atoms with Crippen molar-refractivity contribution in [2.24, 2.45) is 5.73 Å². The molecule has 0 amide bonds. The lowest BCUT2D eigenvalue weighted by molar-refractivity contribution is -0.149. The van der Waals surface area contributed by atoms with Gasteiger partial charge in [0, 0.05) is 19.1 Å². The number of likely N-dealkylation sites (N-methyl/N-ethyl adjacent to an activating group) is 1. The van der Waals surface area contributed by atoms with Crippen LogP contribution in [0.1, 0.15) is 20.3 Å². The third kappa shape index (κ3) is 3.94. The van der Waals surface area contributed by atoms with Crippen LogP contribution in [0.5, 0.6) is 0 Å². The van der Waals surface area contributed by atoms with Crippen molar-refractivity contribution in [1.82, 2.24) is 9.80 Å². The van der Waals surface area contributed by atoms with E-state index in [2.05, 4.69) is 23.9 Å². The zero-order valence-corrected chi connectivity index (χ0v) is 11.4. The first-order chi connectivity index (χ1) is 7.86. The number of hydrogen-bond donors (Lipinski definition) is 1. The second-order valence-corrected chi connectivity index (χ2v) is 5.28. The van der Waals surface area contributed by atoms with Crippen LogP contribution in [-0.4, -0.2) is 67.7 Å². The van der Waals surface area contributed by atoms with E-state index < -0.39 is 5.54 Å². The fourth-order valence-electron chi connectivity index (χ4n) is 2.20. The number of nitrogens with two attached hydrogens (primary N) is 1. The van der Waals surface area contributed by atoms with E-state index in [1.54, 1.807) is 13.8 Å². The van der Waals surface area contributed by atoms with Crippen LogP contribution >= 0.6 is 0 Å². The molecule has 0 aromatic rings. The maximum Gasteiger partial charge on any atom is 0.327 e. The number of carbonyl (C=O) groups excluding carboxylic acids is 1. The lowest BCUT2D eigenvalue weighted by Gasteiger charge is -2.28. The number of ether oxygens (including phenoxy) is 1. The molecule has 2 N–H and O–H groups in total. The molecule has 1 aliphatic heterocycles. The van der Waals surface area contributed by atoms with E-state index >= 15 is 0 Å². The minimum Gasteiger partial charge on any atom is -0.465 e. The van der Waals surface area contributed by atoms with E-state index in [4.69, 9.17) is 10.5 Å². The van der Waals surface area contributed by atoms with Crippen LogP contribution in [-0.2, 0) is 9.53 Å². The number of rotatable bonds is 5. The Morgan fingerprint density at radius 2 is 2.24 bits per heavy atom. The maximum absolute atomic E-state index is 11.7. The molecule has 0 radical (unpaired) electrons. The normalized spacial score (nSPS) is 24.9. The lowest BCUT2D eigenvalue weighted by Crippen LogP contribution is -2.54. The van der Waals surface area contributed by atoms with Crippen molar-refractivity contribution < 1.29 is 9.53 Å². The molecule has 2 unspecified atom stereocenters. The van der Waals surface area contributed by atoms with Crippen LogP contribution in [0.4, 0.5) is 0 Å².